The number of rotatable bonds is 5. The van der Waals surface area contributed by atoms with E-state index in [0.717, 1.165) is 38.3 Å². The smallest absolute Gasteiger partial charge is 0.309 e. The van der Waals surface area contributed by atoms with E-state index in [2.05, 4.69) is 21.3 Å². The molecule has 6 heteroatoms. The molecule has 136 valence electrons. The number of fused-ring (bicyclic) bond motifs is 1. The number of carboxylic acid groups (broad SMARTS) is 1. The first-order chi connectivity index (χ1) is 12.0. The Bertz CT molecular complexity index is 624. The molecule has 1 aromatic rings. The minimum absolute atomic E-state index is 0.202. The minimum atomic E-state index is -0.725. The number of aliphatic carboxylic acids is 1. The molecule has 0 radical (unpaired) electrons. The number of hydrogen-bond donors (Lipinski definition) is 1. The monoisotopic (exact) mass is 347 g/mol. The summed E-state index contributed by atoms with van der Waals surface area (Å²) in [4.78, 5) is 18.4. The lowest BCUT2D eigenvalue weighted by atomic mass is 10.1. The minimum Gasteiger partial charge on any atom is -0.481 e. The largest absolute Gasteiger partial charge is 0.481 e. The van der Waals surface area contributed by atoms with Crippen LogP contribution < -0.4 is 0 Å². The van der Waals surface area contributed by atoms with Crippen molar-refractivity contribution >= 4 is 5.97 Å². The Morgan fingerprint density at radius 3 is 2.76 bits per heavy atom. The summed E-state index contributed by atoms with van der Waals surface area (Å²) in [5.41, 5.74) is 0.980. The number of halogens is 1. The quantitative estimate of drug-likeness (QED) is 0.819. The van der Waals surface area contributed by atoms with Crippen molar-refractivity contribution in [3.05, 3.63) is 48.3 Å². The molecule has 0 aliphatic carbocycles. The molecule has 2 aliphatic heterocycles. The predicted octanol–water partition coefficient (Wildman–Crippen LogP) is 1.51. The maximum absolute atomic E-state index is 13.4. The molecule has 0 bridgehead atoms. The topological polar surface area (TPSA) is 47.0 Å². The van der Waals surface area contributed by atoms with E-state index in [0.29, 0.717) is 25.7 Å². The molecule has 0 spiro atoms. The van der Waals surface area contributed by atoms with Crippen LogP contribution in [0.4, 0.5) is 4.39 Å². The van der Waals surface area contributed by atoms with Gasteiger partial charge in [0.25, 0.3) is 0 Å². The molecule has 2 saturated heterocycles. The molecule has 25 heavy (non-hydrogen) atoms. The number of nitrogens with zero attached hydrogens (tertiary/aromatic N) is 3. The van der Waals surface area contributed by atoms with E-state index in [1.54, 1.807) is 12.1 Å². The molecular weight excluding hydrogens is 321 g/mol. The van der Waals surface area contributed by atoms with Gasteiger partial charge in [0, 0.05) is 58.4 Å². The van der Waals surface area contributed by atoms with Crippen molar-refractivity contribution in [1.29, 1.82) is 0 Å². The van der Waals surface area contributed by atoms with Crippen molar-refractivity contribution in [2.24, 2.45) is 5.92 Å². The molecule has 0 aromatic heterocycles. The maximum Gasteiger partial charge on any atom is 0.309 e. The average Bonchev–Trinajstić information content (AvgIpc) is 2.74. The fourth-order valence-electron chi connectivity index (χ4n) is 3.92. The second-order valence-corrected chi connectivity index (χ2v) is 7.06. The summed E-state index contributed by atoms with van der Waals surface area (Å²) < 4.78 is 13.4. The van der Waals surface area contributed by atoms with Crippen LogP contribution in [0.25, 0.3) is 0 Å². The molecule has 2 fully saturated rings. The zero-order valence-corrected chi connectivity index (χ0v) is 14.5. The Morgan fingerprint density at radius 1 is 1.24 bits per heavy atom. The molecule has 5 nitrogen and oxygen atoms in total. The van der Waals surface area contributed by atoms with Gasteiger partial charge in [-0.3, -0.25) is 19.5 Å². The zero-order valence-electron chi connectivity index (χ0n) is 14.5. The molecular formula is C19H26FN3O2. The highest BCUT2D eigenvalue weighted by atomic mass is 19.1. The predicted molar refractivity (Wildman–Crippen MR) is 94.8 cm³/mol. The molecule has 0 amide bonds. The Hall–Kier alpha value is -1.76. The Morgan fingerprint density at radius 2 is 2.04 bits per heavy atom. The highest BCUT2D eigenvalue weighted by Gasteiger charge is 2.35. The highest BCUT2D eigenvalue weighted by Crippen LogP contribution is 2.20. The van der Waals surface area contributed by atoms with Crippen molar-refractivity contribution < 1.29 is 14.3 Å². The summed E-state index contributed by atoms with van der Waals surface area (Å²) in [6, 6.07) is 7.05. The molecule has 2 unspecified atom stereocenters. The zero-order chi connectivity index (χ0) is 17.8. The van der Waals surface area contributed by atoms with Crippen LogP contribution in [0.1, 0.15) is 5.56 Å². The molecule has 2 heterocycles. The van der Waals surface area contributed by atoms with Gasteiger partial charge >= 0.3 is 5.97 Å². The van der Waals surface area contributed by atoms with Gasteiger partial charge in [0.15, 0.2) is 0 Å². The van der Waals surface area contributed by atoms with Gasteiger partial charge in [0.2, 0.25) is 0 Å². The van der Waals surface area contributed by atoms with Crippen LogP contribution in [0.5, 0.6) is 0 Å². The molecule has 2 atom stereocenters. The molecule has 1 aromatic carbocycles. The van der Waals surface area contributed by atoms with E-state index in [4.69, 9.17) is 0 Å². The second-order valence-electron chi connectivity index (χ2n) is 7.06. The Kier molecular flexibility index (Phi) is 5.83. The normalized spacial score (nSPS) is 26.0. The molecule has 0 saturated carbocycles. The van der Waals surface area contributed by atoms with Crippen molar-refractivity contribution in [3.63, 3.8) is 0 Å². The third kappa shape index (κ3) is 4.66. The van der Waals surface area contributed by atoms with Gasteiger partial charge < -0.3 is 5.11 Å². The number of carbonyl (C=O) groups is 1. The highest BCUT2D eigenvalue weighted by molar-refractivity contribution is 5.70. The van der Waals surface area contributed by atoms with Crippen LogP contribution in [-0.2, 0) is 11.3 Å². The van der Waals surface area contributed by atoms with Crippen LogP contribution in [0.3, 0.4) is 0 Å². The molecule has 1 N–H and O–H groups in total. The van der Waals surface area contributed by atoms with Crippen LogP contribution in [0.2, 0.25) is 0 Å². The van der Waals surface area contributed by atoms with E-state index >= 15 is 0 Å². The molecule has 3 rings (SSSR count). The van der Waals surface area contributed by atoms with E-state index in [9.17, 15) is 14.3 Å². The van der Waals surface area contributed by atoms with Crippen LogP contribution in [0.15, 0.2) is 36.9 Å². The third-order valence-corrected chi connectivity index (χ3v) is 5.12. The summed E-state index contributed by atoms with van der Waals surface area (Å²) in [6.07, 6.45) is 1.84. The first kappa shape index (κ1) is 18.0. The fourth-order valence-corrected chi connectivity index (χ4v) is 3.92. The van der Waals surface area contributed by atoms with E-state index in [-0.39, 0.29) is 11.7 Å². The lowest BCUT2D eigenvalue weighted by Crippen LogP contribution is -2.55. The number of carboxylic acids is 1. The third-order valence-electron chi connectivity index (χ3n) is 5.12. The summed E-state index contributed by atoms with van der Waals surface area (Å²) in [7, 11) is 0. The van der Waals surface area contributed by atoms with Gasteiger partial charge in [-0.1, -0.05) is 18.2 Å². The molecule has 2 aliphatic rings. The van der Waals surface area contributed by atoms with Gasteiger partial charge in [0.05, 0.1) is 5.92 Å². The second kappa shape index (κ2) is 8.08. The number of hydrogen-bond acceptors (Lipinski definition) is 4. The van der Waals surface area contributed by atoms with E-state index in [1.165, 1.54) is 6.07 Å². The lowest BCUT2D eigenvalue weighted by Gasteiger charge is -2.41. The van der Waals surface area contributed by atoms with Gasteiger partial charge in [0.1, 0.15) is 5.82 Å². The summed E-state index contributed by atoms with van der Waals surface area (Å²) in [5.74, 6) is -1.29. The van der Waals surface area contributed by atoms with Crippen LogP contribution in [0, 0.1) is 11.7 Å². The standard InChI is InChI=1S/C19H26FN3O2/c1-2-6-21-11-16(19(24)25)12-23-8-7-22(14-18(23)13-21)10-15-4-3-5-17(20)9-15/h2-5,9,16,18H,1,6-8,10-14H2,(H,24,25). The summed E-state index contributed by atoms with van der Waals surface area (Å²) >= 11 is 0. The summed E-state index contributed by atoms with van der Waals surface area (Å²) in [5, 5.41) is 9.49. The van der Waals surface area contributed by atoms with Crippen molar-refractivity contribution in [2.75, 3.05) is 45.8 Å². The lowest BCUT2D eigenvalue weighted by molar-refractivity contribution is -0.142. The van der Waals surface area contributed by atoms with Gasteiger partial charge in [-0.15, -0.1) is 6.58 Å². The average molecular weight is 347 g/mol. The first-order valence-corrected chi connectivity index (χ1v) is 8.82. The van der Waals surface area contributed by atoms with Gasteiger partial charge in [-0.05, 0) is 17.7 Å². The van der Waals surface area contributed by atoms with E-state index < -0.39 is 5.97 Å². The number of benzene rings is 1. The number of piperazine rings is 1. The Labute approximate surface area is 148 Å². The van der Waals surface area contributed by atoms with Crippen molar-refractivity contribution in [2.45, 2.75) is 12.6 Å². The maximum atomic E-state index is 13.4. The van der Waals surface area contributed by atoms with Gasteiger partial charge in [-0.2, -0.15) is 0 Å². The van der Waals surface area contributed by atoms with Gasteiger partial charge in [-0.25, -0.2) is 4.39 Å². The fraction of sp³-hybridized carbons (Fsp3) is 0.526. The van der Waals surface area contributed by atoms with E-state index in [1.807, 2.05) is 12.1 Å². The SMILES string of the molecule is C=CCN1CC(C(=O)O)CN2CCN(Cc3cccc(F)c3)CC2C1. The van der Waals surface area contributed by atoms with Crippen LogP contribution in [-0.4, -0.2) is 77.6 Å². The summed E-state index contributed by atoms with van der Waals surface area (Å²) in [6.45, 7) is 9.83. The Balaban J connectivity index is 1.67. The van der Waals surface area contributed by atoms with Crippen molar-refractivity contribution in [3.8, 4) is 0 Å². The van der Waals surface area contributed by atoms with Crippen molar-refractivity contribution in [1.82, 2.24) is 14.7 Å². The van der Waals surface area contributed by atoms with Crippen LogP contribution >= 0.6 is 0 Å². The first-order valence-electron chi connectivity index (χ1n) is 8.82.